The number of hydrogen-bond donors (Lipinski definition) is 2. The summed E-state index contributed by atoms with van der Waals surface area (Å²) >= 11 is 0. The highest BCUT2D eigenvalue weighted by Crippen LogP contribution is 2.43. The van der Waals surface area contributed by atoms with E-state index in [0.717, 1.165) is 38.6 Å². The number of aliphatic hydroxyl groups is 1. The maximum absolute atomic E-state index is 12.8. The fourth-order valence-electron chi connectivity index (χ4n) is 4.16. The third-order valence-electron chi connectivity index (χ3n) is 5.64. The van der Waals surface area contributed by atoms with Crippen molar-refractivity contribution in [2.24, 2.45) is 5.41 Å². The van der Waals surface area contributed by atoms with Crippen molar-refractivity contribution in [3.8, 4) is 0 Å². The Morgan fingerprint density at radius 1 is 1.05 bits per heavy atom. The molecule has 0 unspecified atom stereocenters. The molecule has 1 aliphatic carbocycles. The van der Waals surface area contributed by atoms with Crippen molar-refractivity contribution in [1.29, 1.82) is 0 Å². The van der Waals surface area contributed by atoms with Gasteiger partial charge in [0, 0.05) is 25.7 Å². The van der Waals surface area contributed by atoms with Crippen LogP contribution in [0.25, 0.3) is 0 Å². The molecule has 2 aliphatic heterocycles. The summed E-state index contributed by atoms with van der Waals surface area (Å²) in [5.41, 5.74) is -0.317. The Bertz CT molecular complexity index is 423. The van der Waals surface area contributed by atoms with Crippen molar-refractivity contribution in [3.63, 3.8) is 0 Å². The second-order valence-electron chi connectivity index (χ2n) is 6.76. The summed E-state index contributed by atoms with van der Waals surface area (Å²) in [7, 11) is 0. The van der Waals surface area contributed by atoms with Gasteiger partial charge in [-0.1, -0.05) is 0 Å². The minimum Gasteiger partial charge on any atom is -0.465 e. The SMILES string of the molecule is O=C(O)N1CCC2(CC1)CCN(C1CCC(O)CC1)C2=O. The van der Waals surface area contributed by atoms with Gasteiger partial charge in [-0.2, -0.15) is 0 Å². The van der Waals surface area contributed by atoms with Crippen LogP contribution in [0.4, 0.5) is 4.79 Å². The van der Waals surface area contributed by atoms with E-state index in [-0.39, 0.29) is 23.5 Å². The molecule has 0 aromatic rings. The molecule has 0 aromatic carbocycles. The molecule has 3 aliphatic rings. The second kappa shape index (κ2) is 5.48. The number of aliphatic hydroxyl groups excluding tert-OH is 1. The van der Waals surface area contributed by atoms with Crippen LogP contribution < -0.4 is 0 Å². The molecule has 2 N–H and O–H groups in total. The summed E-state index contributed by atoms with van der Waals surface area (Å²) in [5, 5.41) is 18.6. The molecule has 0 aromatic heterocycles. The molecule has 6 nitrogen and oxygen atoms in total. The van der Waals surface area contributed by atoms with Gasteiger partial charge >= 0.3 is 6.09 Å². The topological polar surface area (TPSA) is 81.1 Å². The minimum absolute atomic E-state index is 0.202. The molecule has 0 radical (unpaired) electrons. The van der Waals surface area contributed by atoms with E-state index in [4.69, 9.17) is 5.11 Å². The lowest BCUT2D eigenvalue weighted by atomic mass is 9.77. The molecule has 1 saturated carbocycles. The summed E-state index contributed by atoms with van der Waals surface area (Å²) in [4.78, 5) is 27.3. The van der Waals surface area contributed by atoms with Crippen LogP contribution in [0, 0.1) is 5.41 Å². The Labute approximate surface area is 124 Å². The van der Waals surface area contributed by atoms with E-state index < -0.39 is 6.09 Å². The van der Waals surface area contributed by atoms with Gasteiger partial charge in [0.2, 0.25) is 5.91 Å². The first kappa shape index (κ1) is 14.6. The Morgan fingerprint density at radius 2 is 1.62 bits per heavy atom. The lowest BCUT2D eigenvalue weighted by Crippen LogP contribution is -2.48. The largest absolute Gasteiger partial charge is 0.465 e. The van der Waals surface area contributed by atoms with Gasteiger partial charge in [0.1, 0.15) is 0 Å². The molecule has 3 fully saturated rings. The first-order valence-corrected chi connectivity index (χ1v) is 7.99. The highest BCUT2D eigenvalue weighted by Gasteiger charge is 2.50. The molecule has 0 atom stereocenters. The first-order chi connectivity index (χ1) is 10.0. The Hall–Kier alpha value is -1.30. The van der Waals surface area contributed by atoms with Gasteiger partial charge in [-0.25, -0.2) is 4.79 Å². The normalized spacial score (nSPS) is 32.7. The fourth-order valence-corrected chi connectivity index (χ4v) is 4.16. The van der Waals surface area contributed by atoms with Crippen molar-refractivity contribution in [1.82, 2.24) is 9.80 Å². The zero-order chi connectivity index (χ0) is 15.0. The van der Waals surface area contributed by atoms with Crippen LogP contribution in [0.15, 0.2) is 0 Å². The third-order valence-corrected chi connectivity index (χ3v) is 5.64. The van der Waals surface area contributed by atoms with Crippen molar-refractivity contribution in [2.75, 3.05) is 19.6 Å². The molecule has 6 heteroatoms. The van der Waals surface area contributed by atoms with Crippen molar-refractivity contribution < 1.29 is 19.8 Å². The number of piperidine rings is 1. The highest BCUT2D eigenvalue weighted by atomic mass is 16.4. The van der Waals surface area contributed by atoms with Crippen molar-refractivity contribution in [2.45, 2.75) is 57.1 Å². The standard InChI is InChI=1S/C15H24N2O4/c18-12-3-1-11(2-4-12)17-10-7-15(13(17)19)5-8-16(9-6-15)14(20)21/h11-12,18H,1-10H2,(H,20,21). The van der Waals surface area contributed by atoms with Gasteiger partial charge in [-0.05, 0) is 44.9 Å². The third kappa shape index (κ3) is 2.61. The number of amides is 2. The summed E-state index contributed by atoms with van der Waals surface area (Å²) in [6.07, 6.45) is 4.45. The van der Waals surface area contributed by atoms with E-state index >= 15 is 0 Å². The lowest BCUT2D eigenvalue weighted by Gasteiger charge is -2.38. The van der Waals surface area contributed by atoms with E-state index in [1.807, 2.05) is 4.90 Å². The molecule has 2 heterocycles. The smallest absolute Gasteiger partial charge is 0.407 e. The highest BCUT2D eigenvalue weighted by molar-refractivity contribution is 5.85. The van der Waals surface area contributed by atoms with E-state index in [2.05, 4.69) is 0 Å². The molecule has 3 rings (SSSR count). The minimum atomic E-state index is -0.881. The number of carboxylic acid groups (broad SMARTS) is 1. The monoisotopic (exact) mass is 296 g/mol. The average molecular weight is 296 g/mol. The zero-order valence-electron chi connectivity index (χ0n) is 12.3. The van der Waals surface area contributed by atoms with Gasteiger partial charge in [-0.15, -0.1) is 0 Å². The Morgan fingerprint density at radius 3 is 2.19 bits per heavy atom. The lowest BCUT2D eigenvalue weighted by molar-refractivity contribution is -0.141. The van der Waals surface area contributed by atoms with Crippen LogP contribution in [-0.4, -0.2) is 63.8 Å². The molecule has 21 heavy (non-hydrogen) atoms. The van der Waals surface area contributed by atoms with E-state index in [0.29, 0.717) is 25.9 Å². The zero-order valence-corrected chi connectivity index (χ0v) is 12.3. The maximum Gasteiger partial charge on any atom is 0.407 e. The van der Waals surface area contributed by atoms with Gasteiger partial charge < -0.3 is 20.0 Å². The molecule has 0 bridgehead atoms. The van der Waals surface area contributed by atoms with Gasteiger partial charge in [0.15, 0.2) is 0 Å². The molecular formula is C15H24N2O4. The van der Waals surface area contributed by atoms with Gasteiger partial charge in [-0.3, -0.25) is 4.79 Å². The summed E-state index contributed by atoms with van der Waals surface area (Å²) in [6.45, 7) is 1.74. The average Bonchev–Trinajstić information content (AvgIpc) is 2.78. The quantitative estimate of drug-likeness (QED) is 0.764. The summed E-state index contributed by atoms with van der Waals surface area (Å²) < 4.78 is 0. The summed E-state index contributed by atoms with van der Waals surface area (Å²) in [6, 6.07) is 0.276. The van der Waals surface area contributed by atoms with Gasteiger partial charge in [0.05, 0.1) is 11.5 Å². The maximum atomic E-state index is 12.8. The van der Waals surface area contributed by atoms with Crippen LogP contribution in [0.5, 0.6) is 0 Å². The van der Waals surface area contributed by atoms with Crippen LogP contribution >= 0.6 is 0 Å². The predicted octanol–water partition coefficient (Wildman–Crippen LogP) is 1.28. The number of likely N-dealkylation sites (tertiary alicyclic amines) is 2. The van der Waals surface area contributed by atoms with Crippen LogP contribution in [-0.2, 0) is 4.79 Å². The molecule has 2 saturated heterocycles. The van der Waals surface area contributed by atoms with Crippen LogP contribution in [0.2, 0.25) is 0 Å². The summed E-state index contributed by atoms with van der Waals surface area (Å²) in [5.74, 6) is 0.230. The van der Waals surface area contributed by atoms with E-state index in [9.17, 15) is 14.7 Å². The molecular weight excluding hydrogens is 272 g/mol. The number of hydrogen-bond acceptors (Lipinski definition) is 3. The molecule has 2 amide bonds. The van der Waals surface area contributed by atoms with E-state index in [1.54, 1.807) is 0 Å². The Kier molecular flexibility index (Phi) is 3.82. The van der Waals surface area contributed by atoms with Crippen molar-refractivity contribution in [3.05, 3.63) is 0 Å². The molecule has 1 spiro atoms. The predicted molar refractivity (Wildman–Crippen MR) is 75.9 cm³/mol. The van der Waals surface area contributed by atoms with E-state index in [1.165, 1.54) is 4.90 Å². The second-order valence-corrected chi connectivity index (χ2v) is 6.76. The Balaban J connectivity index is 1.63. The number of carbonyl (C=O) groups is 2. The van der Waals surface area contributed by atoms with Crippen molar-refractivity contribution >= 4 is 12.0 Å². The molecule has 118 valence electrons. The number of carbonyl (C=O) groups excluding carboxylic acids is 1. The van der Waals surface area contributed by atoms with Crippen LogP contribution in [0.1, 0.15) is 44.9 Å². The van der Waals surface area contributed by atoms with Gasteiger partial charge in [0.25, 0.3) is 0 Å². The fraction of sp³-hybridized carbons (Fsp3) is 0.867. The number of nitrogens with zero attached hydrogens (tertiary/aromatic N) is 2. The number of rotatable bonds is 1. The first-order valence-electron chi connectivity index (χ1n) is 7.99. The van der Waals surface area contributed by atoms with Crippen LogP contribution in [0.3, 0.4) is 0 Å².